The normalized spacial score (nSPS) is 19.7. The van der Waals surface area contributed by atoms with E-state index < -0.39 is 0 Å². The van der Waals surface area contributed by atoms with Gasteiger partial charge in [0.15, 0.2) is 0 Å². The van der Waals surface area contributed by atoms with E-state index in [1.165, 1.54) is 11.3 Å². The average molecular weight is 177 g/mol. The van der Waals surface area contributed by atoms with Gasteiger partial charge in [0, 0.05) is 18.2 Å². The maximum absolute atomic E-state index is 9.01. The summed E-state index contributed by atoms with van der Waals surface area (Å²) in [5.74, 6) is 0.626. The van der Waals surface area contributed by atoms with Crippen LogP contribution in [0.3, 0.4) is 0 Å². The van der Waals surface area contributed by atoms with Crippen LogP contribution in [-0.2, 0) is 6.61 Å². The summed E-state index contributed by atoms with van der Waals surface area (Å²) in [6.07, 6.45) is 1.16. The third kappa shape index (κ3) is 1.42. The van der Waals surface area contributed by atoms with E-state index in [2.05, 4.69) is 24.4 Å². The van der Waals surface area contributed by atoms with Crippen molar-refractivity contribution in [3.63, 3.8) is 0 Å². The minimum atomic E-state index is 0.143. The van der Waals surface area contributed by atoms with Crippen LogP contribution >= 0.6 is 0 Å². The van der Waals surface area contributed by atoms with Gasteiger partial charge in [0.05, 0.1) is 6.61 Å². The molecule has 1 aliphatic rings. The fourth-order valence-corrected chi connectivity index (χ4v) is 1.92. The molecule has 0 bridgehead atoms. The van der Waals surface area contributed by atoms with Gasteiger partial charge < -0.3 is 10.4 Å². The van der Waals surface area contributed by atoms with E-state index in [-0.39, 0.29) is 6.61 Å². The largest absolute Gasteiger partial charge is 0.392 e. The summed E-state index contributed by atoms with van der Waals surface area (Å²) < 4.78 is 0. The molecule has 2 nitrogen and oxygen atoms in total. The standard InChI is InChI=1S/C11H15NO/c1-2-9-6-12-11-4-3-8(7-13)5-10(9)11/h3-5,9,12-13H,2,6-7H2,1H3. The number of hydrogen-bond donors (Lipinski definition) is 2. The molecule has 2 heteroatoms. The smallest absolute Gasteiger partial charge is 0.0681 e. The van der Waals surface area contributed by atoms with E-state index in [4.69, 9.17) is 5.11 Å². The number of nitrogens with one attached hydrogen (secondary N) is 1. The van der Waals surface area contributed by atoms with Crippen LogP contribution in [0.4, 0.5) is 5.69 Å². The van der Waals surface area contributed by atoms with Crippen LogP contribution in [-0.4, -0.2) is 11.7 Å². The van der Waals surface area contributed by atoms with Gasteiger partial charge in [-0.15, -0.1) is 0 Å². The molecule has 13 heavy (non-hydrogen) atoms. The summed E-state index contributed by atoms with van der Waals surface area (Å²) in [7, 11) is 0. The van der Waals surface area contributed by atoms with Crippen LogP contribution in [0.2, 0.25) is 0 Å². The molecular weight excluding hydrogens is 162 g/mol. The Morgan fingerprint density at radius 2 is 2.38 bits per heavy atom. The molecule has 2 rings (SSSR count). The van der Waals surface area contributed by atoms with E-state index in [0.717, 1.165) is 18.5 Å². The van der Waals surface area contributed by atoms with Crippen LogP contribution < -0.4 is 5.32 Å². The van der Waals surface area contributed by atoms with E-state index in [1.807, 2.05) is 6.07 Å². The second-order valence-electron chi connectivity index (χ2n) is 3.57. The molecule has 1 atom stereocenters. The summed E-state index contributed by atoms with van der Waals surface area (Å²) in [5.41, 5.74) is 3.62. The Labute approximate surface area is 78.6 Å². The van der Waals surface area contributed by atoms with Crippen LogP contribution in [0.25, 0.3) is 0 Å². The summed E-state index contributed by atoms with van der Waals surface area (Å²) >= 11 is 0. The first-order valence-electron chi connectivity index (χ1n) is 4.82. The molecule has 0 saturated heterocycles. The third-order valence-corrected chi connectivity index (χ3v) is 2.77. The molecule has 1 heterocycles. The zero-order chi connectivity index (χ0) is 9.26. The quantitative estimate of drug-likeness (QED) is 0.725. The maximum atomic E-state index is 9.01. The Hall–Kier alpha value is -1.02. The molecule has 1 aromatic carbocycles. The highest BCUT2D eigenvalue weighted by atomic mass is 16.3. The molecular formula is C11H15NO. The predicted molar refractivity (Wildman–Crippen MR) is 53.9 cm³/mol. The minimum absolute atomic E-state index is 0.143. The Balaban J connectivity index is 2.37. The summed E-state index contributed by atoms with van der Waals surface area (Å²) in [4.78, 5) is 0. The van der Waals surface area contributed by atoms with E-state index in [9.17, 15) is 0 Å². The predicted octanol–water partition coefficient (Wildman–Crippen LogP) is 2.10. The van der Waals surface area contributed by atoms with Crippen molar-refractivity contribution in [1.82, 2.24) is 0 Å². The molecule has 0 aliphatic carbocycles. The van der Waals surface area contributed by atoms with Crippen molar-refractivity contribution >= 4 is 5.69 Å². The molecule has 0 amide bonds. The SMILES string of the molecule is CCC1CNc2ccc(CO)cc21. The Kier molecular flexibility index (Phi) is 2.23. The Morgan fingerprint density at radius 3 is 3.08 bits per heavy atom. The number of rotatable bonds is 2. The molecule has 70 valence electrons. The van der Waals surface area contributed by atoms with Crippen LogP contribution in [0.5, 0.6) is 0 Å². The first-order valence-corrected chi connectivity index (χ1v) is 4.82. The average Bonchev–Trinajstić information content (AvgIpc) is 2.59. The lowest BCUT2D eigenvalue weighted by Gasteiger charge is -2.07. The fraction of sp³-hybridized carbons (Fsp3) is 0.455. The zero-order valence-electron chi connectivity index (χ0n) is 7.88. The van der Waals surface area contributed by atoms with Gasteiger partial charge in [-0.3, -0.25) is 0 Å². The number of fused-ring (bicyclic) bond motifs is 1. The van der Waals surface area contributed by atoms with Gasteiger partial charge in [-0.2, -0.15) is 0 Å². The molecule has 1 aromatic rings. The van der Waals surface area contributed by atoms with Crippen LogP contribution in [0, 0.1) is 0 Å². The highest BCUT2D eigenvalue weighted by molar-refractivity contribution is 5.58. The Bertz CT molecular complexity index is 309. The lowest BCUT2D eigenvalue weighted by Crippen LogP contribution is -1.99. The summed E-state index contributed by atoms with van der Waals surface area (Å²) in [5, 5.41) is 12.4. The van der Waals surface area contributed by atoms with Crippen molar-refractivity contribution in [2.75, 3.05) is 11.9 Å². The van der Waals surface area contributed by atoms with E-state index >= 15 is 0 Å². The van der Waals surface area contributed by atoms with E-state index in [1.54, 1.807) is 0 Å². The van der Waals surface area contributed by atoms with Crippen molar-refractivity contribution < 1.29 is 5.11 Å². The molecule has 0 spiro atoms. The molecule has 1 unspecified atom stereocenters. The third-order valence-electron chi connectivity index (χ3n) is 2.77. The fourth-order valence-electron chi connectivity index (χ4n) is 1.92. The van der Waals surface area contributed by atoms with Gasteiger partial charge in [0.1, 0.15) is 0 Å². The van der Waals surface area contributed by atoms with Crippen molar-refractivity contribution in [2.24, 2.45) is 0 Å². The lowest BCUT2D eigenvalue weighted by molar-refractivity contribution is 0.281. The van der Waals surface area contributed by atoms with Crippen molar-refractivity contribution in [2.45, 2.75) is 25.9 Å². The second-order valence-corrected chi connectivity index (χ2v) is 3.57. The molecule has 2 N–H and O–H groups in total. The number of aliphatic hydroxyl groups excluding tert-OH is 1. The molecule has 0 fully saturated rings. The van der Waals surface area contributed by atoms with Crippen molar-refractivity contribution in [3.8, 4) is 0 Å². The first-order chi connectivity index (χ1) is 6.35. The minimum Gasteiger partial charge on any atom is -0.392 e. The highest BCUT2D eigenvalue weighted by Crippen LogP contribution is 2.33. The summed E-state index contributed by atoms with van der Waals surface area (Å²) in [6, 6.07) is 6.16. The van der Waals surface area contributed by atoms with Crippen molar-refractivity contribution in [1.29, 1.82) is 0 Å². The lowest BCUT2D eigenvalue weighted by atomic mass is 9.97. The molecule has 0 aromatic heterocycles. The van der Waals surface area contributed by atoms with Gasteiger partial charge in [-0.25, -0.2) is 0 Å². The van der Waals surface area contributed by atoms with Gasteiger partial charge in [-0.1, -0.05) is 19.1 Å². The highest BCUT2D eigenvalue weighted by Gasteiger charge is 2.20. The second kappa shape index (κ2) is 3.38. The van der Waals surface area contributed by atoms with Crippen LogP contribution in [0.1, 0.15) is 30.4 Å². The molecule has 0 radical (unpaired) electrons. The molecule has 0 saturated carbocycles. The van der Waals surface area contributed by atoms with Gasteiger partial charge >= 0.3 is 0 Å². The number of benzene rings is 1. The molecule has 1 aliphatic heterocycles. The number of hydrogen-bond acceptors (Lipinski definition) is 2. The van der Waals surface area contributed by atoms with Crippen molar-refractivity contribution in [3.05, 3.63) is 29.3 Å². The monoisotopic (exact) mass is 177 g/mol. The van der Waals surface area contributed by atoms with Gasteiger partial charge in [0.25, 0.3) is 0 Å². The zero-order valence-corrected chi connectivity index (χ0v) is 7.88. The Morgan fingerprint density at radius 1 is 1.54 bits per heavy atom. The summed E-state index contributed by atoms with van der Waals surface area (Å²) in [6.45, 7) is 3.39. The van der Waals surface area contributed by atoms with Gasteiger partial charge in [-0.05, 0) is 23.6 Å². The number of aliphatic hydroxyl groups is 1. The van der Waals surface area contributed by atoms with Gasteiger partial charge in [0.2, 0.25) is 0 Å². The maximum Gasteiger partial charge on any atom is 0.0681 e. The topological polar surface area (TPSA) is 32.3 Å². The van der Waals surface area contributed by atoms with Crippen LogP contribution in [0.15, 0.2) is 18.2 Å². The number of anilines is 1. The first kappa shape index (κ1) is 8.57. The van der Waals surface area contributed by atoms with E-state index in [0.29, 0.717) is 5.92 Å².